The Morgan fingerprint density at radius 3 is 2.73 bits per heavy atom. The van der Waals surface area contributed by atoms with Gasteiger partial charge in [-0.05, 0) is 35.1 Å². The van der Waals surface area contributed by atoms with Crippen molar-refractivity contribution in [2.45, 2.75) is 32.7 Å². The lowest BCUT2D eigenvalue weighted by molar-refractivity contribution is -0.141. The predicted molar refractivity (Wildman–Crippen MR) is 105 cm³/mol. The molecule has 3 rings (SSSR count). The monoisotopic (exact) mass is 388 g/mol. The van der Waals surface area contributed by atoms with Crippen LogP contribution in [0.25, 0.3) is 10.2 Å². The number of thiophene rings is 1. The van der Waals surface area contributed by atoms with Crippen LogP contribution in [0.1, 0.15) is 30.2 Å². The van der Waals surface area contributed by atoms with Crippen molar-refractivity contribution in [2.24, 2.45) is 4.99 Å². The fourth-order valence-corrected chi connectivity index (χ4v) is 4.38. The second-order valence-electron chi connectivity index (χ2n) is 6.19. The lowest BCUT2D eigenvalue weighted by atomic mass is 10.0. The SMILES string of the molecule is COC(=O)Cn1c(=NC(=O)Cc2cccs2)sc2cc(C(C)C)ccc21. The third-order valence-corrected chi connectivity index (χ3v) is 5.93. The van der Waals surface area contributed by atoms with Crippen LogP contribution in [0.5, 0.6) is 0 Å². The molecule has 0 saturated heterocycles. The number of fused-ring (bicyclic) bond motifs is 1. The van der Waals surface area contributed by atoms with Crippen LogP contribution in [0.15, 0.2) is 40.7 Å². The van der Waals surface area contributed by atoms with Crippen LogP contribution in [0.4, 0.5) is 0 Å². The number of benzene rings is 1. The second kappa shape index (κ2) is 7.97. The standard InChI is InChI=1S/C19H20N2O3S2/c1-12(2)13-6-7-15-16(9-13)26-19(21(15)11-18(23)24-3)20-17(22)10-14-5-4-8-25-14/h4-9,12H,10-11H2,1-3H3. The molecule has 0 unspecified atom stereocenters. The van der Waals surface area contributed by atoms with E-state index in [-0.39, 0.29) is 24.8 Å². The van der Waals surface area contributed by atoms with Crippen molar-refractivity contribution >= 4 is 44.8 Å². The zero-order valence-corrected chi connectivity index (χ0v) is 16.5. The molecule has 2 aromatic heterocycles. The van der Waals surface area contributed by atoms with E-state index in [0.717, 1.165) is 15.1 Å². The Bertz CT molecular complexity index is 998. The van der Waals surface area contributed by atoms with E-state index in [1.165, 1.54) is 35.3 Å². The van der Waals surface area contributed by atoms with Crippen molar-refractivity contribution in [1.29, 1.82) is 0 Å². The molecule has 26 heavy (non-hydrogen) atoms. The first kappa shape index (κ1) is 18.5. The summed E-state index contributed by atoms with van der Waals surface area (Å²) in [4.78, 5) is 30.0. The number of hydrogen-bond acceptors (Lipinski definition) is 5. The van der Waals surface area contributed by atoms with Crippen molar-refractivity contribution in [3.05, 3.63) is 51.0 Å². The first-order valence-electron chi connectivity index (χ1n) is 8.28. The summed E-state index contributed by atoms with van der Waals surface area (Å²) >= 11 is 2.95. The molecule has 5 nitrogen and oxygen atoms in total. The molecule has 0 N–H and O–H groups in total. The lowest BCUT2D eigenvalue weighted by Crippen LogP contribution is -2.22. The number of methoxy groups -OCH3 is 1. The number of rotatable bonds is 5. The van der Waals surface area contributed by atoms with Gasteiger partial charge in [0.05, 0.1) is 23.7 Å². The van der Waals surface area contributed by atoms with Crippen LogP contribution in [-0.4, -0.2) is 23.6 Å². The summed E-state index contributed by atoms with van der Waals surface area (Å²) in [7, 11) is 1.35. The molecule has 136 valence electrons. The molecule has 0 aliphatic heterocycles. The van der Waals surface area contributed by atoms with Crippen molar-refractivity contribution in [1.82, 2.24) is 4.57 Å². The molecule has 0 atom stereocenters. The third kappa shape index (κ3) is 4.11. The van der Waals surface area contributed by atoms with Crippen LogP contribution < -0.4 is 4.80 Å². The summed E-state index contributed by atoms with van der Waals surface area (Å²) in [6.07, 6.45) is 0.265. The summed E-state index contributed by atoms with van der Waals surface area (Å²) in [6, 6.07) is 9.96. The molecule has 0 aliphatic rings. The van der Waals surface area contributed by atoms with Crippen molar-refractivity contribution in [3.8, 4) is 0 Å². The highest BCUT2D eigenvalue weighted by atomic mass is 32.1. The smallest absolute Gasteiger partial charge is 0.325 e. The van der Waals surface area contributed by atoms with Gasteiger partial charge in [-0.2, -0.15) is 4.99 Å². The van der Waals surface area contributed by atoms with E-state index in [1.54, 1.807) is 4.57 Å². The minimum atomic E-state index is -0.371. The Morgan fingerprint density at radius 2 is 2.08 bits per heavy atom. The molecule has 0 spiro atoms. The minimum absolute atomic E-state index is 0.0304. The van der Waals surface area contributed by atoms with Crippen molar-refractivity contribution in [3.63, 3.8) is 0 Å². The Hall–Kier alpha value is -2.25. The average Bonchev–Trinajstić information content (AvgIpc) is 3.22. The highest BCUT2D eigenvalue weighted by Gasteiger charge is 2.13. The van der Waals surface area contributed by atoms with Crippen molar-refractivity contribution < 1.29 is 14.3 Å². The molecule has 7 heteroatoms. The quantitative estimate of drug-likeness (QED) is 0.626. The van der Waals surface area contributed by atoms with Crippen LogP contribution in [0.2, 0.25) is 0 Å². The van der Waals surface area contributed by atoms with Gasteiger partial charge in [0.2, 0.25) is 0 Å². The van der Waals surface area contributed by atoms with Gasteiger partial charge in [0, 0.05) is 4.88 Å². The van der Waals surface area contributed by atoms with Gasteiger partial charge < -0.3 is 9.30 Å². The summed E-state index contributed by atoms with van der Waals surface area (Å²) in [5.41, 5.74) is 2.09. The number of esters is 1. The zero-order valence-electron chi connectivity index (χ0n) is 14.9. The molecular formula is C19H20N2O3S2. The number of carbonyl (C=O) groups excluding carboxylic acids is 2. The van der Waals surface area contributed by atoms with E-state index in [2.05, 4.69) is 24.9 Å². The molecule has 1 amide bonds. The summed E-state index contributed by atoms with van der Waals surface area (Å²) in [6.45, 7) is 4.29. The van der Waals surface area contributed by atoms with Crippen LogP contribution in [0, 0.1) is 0 Å². The normalized spacial score (nSPS) is 12.1. The maximum Gasteiger partial charge on any atom is 0.325 e. The Morgan fingerprint density at radius 1 is 1.27 bits per heavy atom. The predicted octanol–water partition coefficient (Wildman–Crippen LogP) is 3.73. The maximum atomic E-state index is 12.4. The Labute approximate surface area is 159 Å². The first-order chi connectivity index (χ1) is 12.5. The van der Waals surface area contributed by atoms with Crippen molar-refractivity contribution in [2.75, 3.05) is 7.11 Å². The van der Waals surface area contributed by atoms with Gasteiger partial charge in [-0.25, -0.2) is 0 Å². The maximum absolute atomic E-state index is 12.4. The number of aromatic nitrogens is 1. The number of hydrogen-bond donors (Lipinski definition) is 0. The molecular weight excluding hydrogens is 368 g/mol. The highest BCUT2D eigenvalue weighted by molar-refractivity contribution is 7.16. The molecule has 0 radical (unpaired) electrons. The number of carbonyl (C=O) groups is 2. The highest BCUT2D eigenvalue weighted by Crippen LogP contribution is 2.23. The van der Waals surface area contributed by atoms with Crippen LogP contribution >= 0.6 is 22.7 Å². The molecule has 0 aliphatic carbocycles. The molecule has 1 aromatic carbocycles. The van der Waals surface area contributed by atoms with Gasteiger partial charge >= 0.3 is 5.97 Å². The fourth-order valence-electron chi connectivity index (χ4n) is 2.59. The molecule has 0 bridgehead atoms. The molecule has 2 heterocycles. The number of amides is 1. The van der Waals surface area contributed by atoms with E-state index >= 15 is 0 Å². The number of thiazole rings is 1. The van der Waals surface area contributed by atoms with E-state index in [9.17, 15) is 9.59 Å². The van der Waals surface area contributed by atoms with E-state index in [0.29, 0.717) is 10.7 Å². The van der Waals surface area contributed by atoms with E-state index in [1.807, 2.05) is 29.6 Å². The van der Waals surface area contributed by atoms with Gasteiger partial charge in [-0.3, -0.25) is 9.59 Å². The summed E-state index contributed by atoms with van der Waals surface area (Å²) in [5.74, 6) is -0.192. The first-order valence-corrected chi connectivity index (χ1v) is 9.97. The fraction of sp³-hybridized carbons (Fsp3) is 0.316. The topological polar surface area (TPSA) is 60.7 Å². The minimum Gasteiger partial charge on any atom is -0.468 e. The van der Waals surface area contributed by atoms with Crippen LogP contribution in [0.3, 0.4) is 0 Å². The zero-order chi connectivity index (χ0) is 18.7. The largest absolute Gasteiger partial charge is 0.468 e. The lowest BCUT2D eigenvalue weighted by Gasteiger charge is -2.06. The second-order valence-corrected chi connectivity index (χ2v) is 8.23. The van der Waals surface area contributed by atoms with Crippen LogP contribution in [-0.2, 0) is 27.3 Å². The molecule has 3 aromatic rings. The average molecular weight is 389 g/mol. The van der Waals surface area contributed by atoms with Gasteiger partial charge in [-0.15, -0.1) is 11.3 Å². The van der Waals surface area contributed by atoms with Gasteiger partial charge in [-0.1, -0.05) is 37.3 Å². The van der Waals surface area contributed by atoms with Gasteiger partial charge in [0.1, 0.15) is 6.54 Å². The Balaban J connectivity index is 2.06. The molecule has 0 saturated carbocycles. The summed E-state index contributed by atoms with van der Waals surface area (Å²) in [5, 5.41) is 1.94. The summed E-state index contributed by atoms with van der Waals surface area (Å²) < 4.78 is 7.55. The molecule has 0 fully saturated rings. The Kier molecular flexibility index (Phi) is 5.68. The van der Waals surface area contributed by atoms with E-state index in [4.69, 9.17) is 4.74 Å². The van der Waals surface area contributed by atoms with E-state index < -0.39 is 0 Å². The number of ether oxygens (including phenoxy) is 1. The van der Waals surface area contributed by atoms with Gasteiger partial charge in [0.15, 0.2) is 4.80 Å². The third-order valence-electron chi connectivity index (χ3n) is 4.01. The van der Waals surface area contributed by atoms with Gasteiger partial charge in [0.25, 0.3) is 5.91 Å². The number of nitrogens with zero attached hydrogens (tertiary/aromatic N) is 2.